The molecule has 0 bridgehead atoms. The van der Waals surface area contributed by atoms with E-state index >= 15 is 0 Å². The number of carbonyl (C=O) groups excluding carboxylic acids is 1. The average Bonchev–Trinajstić information content (AvgIpc) is 1.86. The summed E-state index contributed by atoms with van der Waals surface area (Å²) in [7, 11) is 0. The van der Waals surface area contributed by atoms with Crippen LogP contribution in [0.3, 0.4) is 0 Å². The van der Waals surface area contributed by atoms with Gasteiger partial charge in [0.05, 0.1) is 18.5 Å². The highest BCUT2D eigenvalue weighted by atomic mass is 32.2. The van der Waals surface area contributed by atoms with E-state index in [2.05, 4.69) is 0 Å². The zero-order valence-corrected chi connectivity index (χ0v) is 5.43. The van der Waals surface area contributed by atoms with Crippen LogP contribution in [0.2, 0.25) is 0 Å². The highest BCUT2D eigenvalue weighted by Gasteiger charge is 2.37. The largest absolute Gasteiger partial charge is 0.430 e. The Balaban J connectivity index is 2.16. The minimum atomic E-state index is 0.187. The van der Waals surface area contributed by atoms with Crippen molar-refractivity contribution in [2.75, 3.05) is 0 Å². The summed E-state index contributed by atoms with van der Waals surface area (Å²) in [6, 6.07) is 0. The summed E-state index contributed by atoms with van der Waals surface area (Å²) in [5.41, 5.74) is 0. The summed E-state index contributed by atoms with van der Waals surface area (Å²) >= 11 is 1.33. The van der Waals surface area contributed by atoms with Crippen LogP contribution in [0.15, 0.2) is 12.5 Å². The molecule has 0 N–H and O–H groups in total. The molecule has 2 rings (SSSR count). The molecule has 0 radical (unpaired) electrons. The molecular formula is C5H5NO2S. The Hall–Kier alpha value is -0.640. The molecule has 0 aromatic carbocycles. The minimum Gasteiger partial charge on any atom is -0.430 e. The van der Waals surface area contributed by atoms with Crippen molar-refractivity contribution in [1.29, 1.82) is 0 Å². The van der Waals surface area contributed by atoms with E-state index in [9.17, 15) is 4.79 Å². The molecule has 2 heterocycles. The van der Waals surface area contributed by atoms with Gasteiger partial charge in [0.1, 0.15) is 11.6 Å². The van der Waals surface area contributed by atoms with Gasteiger partial charge in [-0.1, -0.05) is 0 Å². The number of hydrogen-bond donors (Lipinski definition) is 0. The fourth-order valence-corrected chi connectivity index (χ4v) is 1.58. The van der Waals surface area contributed by atoms with Crippen molar-refractivity contribution in [3.8, 4) is 0 Å². The predicted octanol–water partition coefficient (Wildman–Crippen LogP) is 0.694. The Morgan fingerprint density at radius 1 is 1.89 bits per heavy atom. The first-order chi connectivity index (χ1) is 4.38. The van der Waals surface area contributed by atoms with Gasteiger partial charge in [0, 0.05) is 6.20 Å². The molecule has 4 heteroatoms. The van der Waals surface area contributed by atoms with E-state index in [0.29, 0.717) is 6.42 Å². The van der Waals surface area contributed by atoms with E-state index in [1.165, 1.54) is 18.3 Å². The molecule has 3 nitrogen and oxygen atoms in total. The maximum absolute atomic E-state index is 10.7. The molecule has 1 fully saturated rings. The highest BCUT2D eigenvalue weighted by Crippen LogP contribution is 2.33. The lowest BCUT2D eigenvalue weighted by Gasteiger charge is -2.37. The molecule has 9 heavy (non-hydrogen) atoms. The molecule has 0 saturated carbocycles. The quantitative estimate of drug-likeness (QED) is 0.369. The maximum Gasteiger partial charge on any atom is 0.230 e. The maximum atomic E-state index is 10.7. The van der Waals surface area contributed by atoms with Gasteiger partial charge in [0.25, 0.3) is 0 Å². The smallest absolute Gasteiger partial charge is 0.230 e. The Morgan fingerprint density at radius 3 is 3.33 bits per heavy atom. The van der Waals surface area contributed by atoms with Crippen molar-refractivity contribution in [3.05, 3.63) is 12.5 Å². The van der Waals surface area contributed by atoms with Gasteiger partial charge in [0.2, 0.25) is 5.91 Å². The summed E-state index contributed by atoms with van der Waals surface area (Å²) in [5.74, 6) is 0.187. The molecule has 1 atom stereocenters. The van der Waals surface area contributed by atoms with Crippen LogP contribution in [-0.4, -0.2) is 16.2 Å². The second-order valence-electron chi connectivity index (χ2n) is 1.94. The van der Waals surface area contributed by atoms with E-state index in [0.717, 1.165) is 0 Å². The molecule has 1 unspecified atom stereocenters. The standard InChI is InChI=1S/C5H5NO2S/c7-4-3-5-6(4)1-2-8-9-5/h1-2,5H,3H2. The Kier molecular flexibility index (Phi) is 0.958. The van der Waals surface area contributed by atoms with E-state index < -0.39 is 0 Å². The molecule has 1 amide bonds. The van der Waals surface area contributed by atoms with Crippen molar-refractivity contribution in [1.82, 2.24) is 4.90 Å². The normalized spacial score (nSPS) is 30.9. The molecular weight excluding hydrogens is 138 g/mol. The van der Waals surface area contributed by atoms with Crippen molar-refractivity contribution in [2.45, 2.75) is 11.8 Å². The van der Waals surface area contributed by atoms with Gasteiger partial charge in [-0.3, -0.25) is 9.69 Å². The van der Waals surface area contributed by atoms with E-state index in [1.54, 1.807) is 11.1 Å². The number of rotatable bonds is 0. The Morgan fingerprint density at radius 2 is 2.78 bits per heavy atom. The van der Waals surface area contributed by atoms with Gasteiger partial charge in [-0.05, 0) is 0 Å². The molecule has 0 spiro atoms. The highest BCUT2D eigenvalue weighted by molar-refractivity contribution is 7.95. The van der Waals surface area contributed by atoms with Crippen LogP contribution in [0, 0.1) is 0 Å². The number of fused-ring (bicyclic) bond motifs is 1. The SMILES string of the molecule is O=C1CC2SOC=CN12. The van der Waals surface area contributed by atoms with Crippen molar-refractivity contribution in [2.24, 2.45) is 0 Å². The third-order valence-corrected chi connectivity index (χ3v) is 2.23. The van der Waals surface area contributed by atoms with Crippen LogP contribution in [-0.2, 0) is 8.98 Å². The lowest BCUT2D eigenvalue weighted by atomic mass is 10.2. The van der Waals surface area contributed by atoms with Crippen LogP contribution in [0.5, 0.6) is 0 Å². The second kappa shape index (κ2) is 1.67. The van der Waals surface area contributed by atoms with Gasteiger partial charge in [-0.25, -0.2) is 0 Å². The third-order valence-electron chi connectivity index (χ3n) is 1.39. The van der Waals surface area contributed by atoms with Gasteiger partial charge in [-0.15, -0.1) is 0 Å². The molecule has 1 saturated heterocycles. The lowest BCUT2D eigenvalue weighted by Crippen LogP contribution is -2.48. The number of nitrogens with zero attached hydrogens (tertiary/aromatic N) is 1. The van der Waals surface area contributed by atoms with Gasteiger partial charge < -0.3 is 4.18 Å². The minimum absolute atomic E-state index is 0.187. The van der Waals surface area contributed by atoms with Crippen LogP contribution in [0.1, 0.15) is 6.42 Å². The van der Waals surface area contributed by atoms with Gasteiger partial charge >= 0.3 is 0 Å². The third kappa shape index (κ3) is 0.627. The summed E-state index contributed by atoms with van der Waals surface area (Å²) < 4.78 is 4.89. The van der Waals surface area contributed by atoms with E-state index in [-0.39, 0.29) is 11.3 Å². The summed E-state index contributed by atoms with van der Waals surface area (Å²) in [5, 5.41) is 0.252. The van der Waals surface area contributed by atoms with Crippen molar-refractivity contribution < 1.29 is 8.98 Å². The lowest BCUT2D eigenvalue weighted by molar-refractivity contribution is -0.138. The molecule has 48 valence electrons. The summed E-state index contributed by atoms with van der Waals surface area (Å²) in [6.45, 7) is 0. The van der Waals surface area contributed by atoms with E-state index in [1.807, 2.05) is 0 Å². The number of hydrogen-bond acceptors (Lipinski definition) is 3. The topological polar surface area (TPSA) is 29.5 Å². The molecule has 2 aliphatic rings. The summed E-state index contributed by atoms with van der Waals surface area (Å²) in [4.78, 5) is 12.3. The summed E-state index contributed by atoms with van der Waals surface area (Å²) in [6.07, 6.45) is 3.82. The molecule has 0 aromatic heterocycles. The molecule has 2 aliphatic heterocycles. The second-order valence-corrected chi connectivity index (χ2v) is 2.87. The van der Waals surface area contributed by atoms with Crippen LogP contribution in [0.4, 0.5) is 0 Å². The Bertz CT molecular complexity index is 180. The van der Waals surface area contributed by atoms with Gasteiger partial charge in [-0.2, -0.15) is 0 Å². The van der Waals surface area contributed by atoms with Crippen molar-refractivity contribution in [3.63, 3.8) is 0 Å². The Labute approximate surface area is 56.9 Å². The number of β-lactam (4-membered cyclic amide) rings is 1. The van der Waals surface area contributed by atoms with Crippen LogP contribution >= 0.6 is 12.0 Å². The van der Waals surface area contributed by atoms with E-state index in [4.69, 9.17) is 4.18 Å². The molecule has 0 aliphatic carbocycles. The fraction of sp³-hybridized carbons (Fsp3) is 0.400. The zero-order valence-electron chi connectivity index (χ0n) is 4.61. The zero-order chi connectivity index (χ0) is 6.27. The monoisotopic (exact) mass is 143 g/mol. The first kappa shape index (κ1) is 5.17. The first-order valence-electron chi connectivity index (χ1n) is 2.68. The predicted molar refractivity (Wildman–Crippen MR) is 33.1 cm³/mol. The van der Waals surface area contributed by atoms with Crippen LogP contribution in [0.25, 0.3) is 0 Å². The average molecular weight is 143 g/mol. The number of amides is 1. The first-order valence-corrected chi connectivity index (χ1v) is 3.48. The van der Waals surface area contributed by atoms with Gasteiger partial charge in [0.15, 0.2) is 0 Å². The van der Waals surface area contributed by atoms with Crippen molar-refractivity contribution >= 4 is 17.9 Å². The fourth-order valence-electron chi connectivity index (χ4n) is 0.847. The van der Waals surface area contributed by atoms with Crippen LogP contribution < -0.4 is 0 Å². The molecule has 0 aromatic rings. The number of carbonyl (C=O) groups is 1.